The van der Waals surface area contributed by atoms with E-state index in [1.54, 1.807) is 24.3 Å². The van der Waals surface area contributed by atoms with Crippen LogP contribution in [0.2, 0.25) is 0 Å². The predicted molar refractivity (Wildman–Crippen MR) is 72.3 cm³/mol. The smallest absolute Gasteiger partial charge is 0.240 e. The van der Waals surface area contributed by atoms with Gasteiger partial charge in [0.05, 0.1) is 4.90 Å². The van der Waals surface area contributed by atoms with Gasteiger partial charge in [-0.3, -0.25) is 4.79 Å². The van der Waals surface area contributed by atoms with Gasteiger partial charge >= 0.3 is 0 Å². The van der Waals surface area contributed by atoms with Crippen LogP contribution in [0.3, 0.4) is 0 Å². The van der Waals surface area contributed by atoms with Crippen LogP contribution in [0, 0.1) is 0 Å². The van der Waals surface area contributed by atoms with Crippen LogP contribution in [0.5, 0.6) is 0 Å². The molecule has 1 aromatic rings. The van der Waals surface area contributed by atoms with Gasteiger partial charge in [-0.05, 0) is 37.7 Å². The molecule has 0 saturated carbocycles. The summed E-state index contributed by atoms with van der Waals surface area (Å²) in [6.07, 6.45) is 1.41. The van der Waals surface area contributed by atoms with Crippen LogP contribution in [-0.4, -0.2) is 34.0 Å². The number of rotatable bonds is 5. The van der Waals surface area contributed by atoms with Crippen molar-refractivity contribution in [1.29, 1.82) is 0 Å². The number of carbonyl (C=O) groups excluding carboxylic acids is 1. The fourth-order valence-electron chi connectivity index (χ4n) is 1.94. The van der Waals surface area contributed by atoms with Crippen LogP contribution in [-0.2, 0) is 14.8 Å². The Morgan fingerprint density at radius 3 is 2.53 bits per heavy atom. The summed E-state index contributed by atoms with van der Waals surface area (Å²) in [5.74, 6) is 0.0854. The molecule has 19 heavy (non-hydrogen) atoms. The standard InChI is InChI=1S/C12H17N3O3S/c1-13-19(17,18)11-5-2-9(3-6-11)14-8-10-4-7-12(16)15-10/h2-3,5-6,10,13-14H,4,7-8H2,1H3,(H,15,16). The molecule has 1 fully saturated rings. The summed E-state index contributed by atoms with van der Waals surface area (Å²) in [5, 5.41) is 6.04. The number of sulfonamides is 1. The van der Waals surface area contributed by atoms with Crippen LogP contribution < -0.4 is 15.4 Å². The lowest BCUT2D eigenvalue weighted by molar-refractivity contribution is -0.119. The van der Waals surface area contributed by atoms with Gasteiger partial charge in [-0.15, -0.1) is 0 Å². The van der Waals surface area contributed by atoms with Crippen molar-refractivity contribution in [2.75, 3.05) is 18.9 Å². The van der Waals surface area contributed by atoms with Crippen LogP contribution >= 0.6 is 0 Å². The molecule has 0 bridgehead atoms. The summed E-state index contributed by atoms with van der Waals surface area (Å²) < 4.78 is 25.3. The Morgan fingerprint density at radius 1 is 1.32 bits per heavy atom. The molecule has 1 aliphatic rings. The van der Waals surface area contributed by atoms with E-state index in [9.17, 15) is 13.2 Å². The lowest BCUT2D eigenvalue weighted by atomic mass is 10.2. The number of hydrogen-bond donors (Lipinski definition) is 3. The maximum Gasteiger partial charge on any atom is 0.240 e. The summed E-state index contributed by atoms with van der Waals surface area (Å²) in [7, 11) is -2.01. The minimum absolute atomic E-state index is 0.0854. The highest BCUT2D eigenvalue weighted by molar-refractivity contribution is 7.89. The SMILES string of the molecule is CNS(=O)(=O)c1ccc(NCC2CCC(=O)N2)cc1. The first-order valence-corrected chi connectivity index (χ1v) is 7.56. The van der Waals surface area contributed by atoms with Gasteiger partial charge < -0.3 is 10.6 Å². The quantitative estimate of drug-likeness (QED) is 0.724. The molecule has 1 aromatic carbocycles. The van der Waals surface area contributed by atoms with Crippen molar-refractivity contribution >= 4 is 21.6 Å². The number of benzene rings is 1. The van der Waals surface area contributed by atoms with Crippen molar-refractivity contribution in [3.05, 3.63) is 24.3 Å². The summed E-state index contributed by atoms with van der Waals surface area (Å²) in [6, 6.07) is 6.65. The van der Waals surface area contributed by atoms with Crippen molar-refractivity contribution in [1.82, 2.24) is 10.0 Å². The Labute approximate surface area is 112 Å². The van der Waals surface area contributed by atoms with Gasteiger partial charge in [0.15, 0.2) is 0 Å². The van der Waals surface area contributed by atoms with E-state index in [1.807, 2.05) is 0 Å². The maximum atomic E-state index is 11.5. The zero-order valence-corrected chi connectivity index (χ0v) is 11.5. The highest BCUT2D eigenvalue weighted by Gasteiger charge is 2.20. The van der Waals surface area contributed by atoms with Gasteiger partial charge in [0.2, 0.25) is 15.9 Å². The minimum Gasteiger partial charge on any atom is -0.383 e. The molecule has 1 saturated heterocycles. The second-order valence-corrected chi connectivity index (χ2v) is 6.30. The van der Waals surface area contributed by atoms with Crippen molar-refractivity contribution in [2.45, 2.75) is 23.8 Å². The monoisotopic (exact) mass is 283 g/mol. The number of amides is 1. The molecule has 1 atom stereocenters. The summed E-state index contributed by atoms with van der Waals surface area (Å²) in [4.78, 5) is 11.3. The Morgan fingerprint density at radius 2 is 2.00 bits per heavy atom. The van der Waals surface area contributed by atoms with E-state index < -0.39 is 10.0 Å². The zero-order chi connectivity index (χ0) is 13.9. The molecule has 0 spiro atoms. The number of hydrogen-bond acceptors (Lipinski definition) is 4. The van der Waals surface area contributed by atoms with E-state index in [-0.39, 0.29) is 16.8 Å². The highest BCUT2D eigenvalue weighted by atomic mass is 32.2. The molecule has 1 unspecified atom stereocenters. The fraction of sp³-hybridized carbons (Fsp3) is 0.417. The highest BCUT2D eigenvalue weighted by Crippen LogP contribution is 2.14. The molecular formula is C12H17N3O3S. The van der Waals surface area contributed by atoms with Crippen molar-refractivity contribution in [3.63, 3.8) is 0 Å². The van der Waals surface area contributed by atoms with Gasteiger partial charge in [-0.25, -0.2) is 13.1 Å². The summed E-state index contributed by atoms with van der Waals surface area (Å²) in [6.45, 7) is 0.643. The Bertz CT molecular complexity index is 554. The third kappa shape index (κ3) is 3.45. The predicted octanol–water partition coefficient (Wildman–Crippen LogP) is 0.285. The molecule has 7 heteroatoms. The lowest BCUT2D eigenvalue weighted by Crippen LogP contribution is -2.31. The van der Waals surface area contributed by atoms with Crippen LogP contribution in [0.25, 0.3) is 0 Å². The molecule has 2 rings (SSSR count). The van der Waals surface area contributed by atoms with Crippen LogP contribution in [0.1, 0.15) is 12.8 Å². The third-order valence-corrected chi connectivity index (χ3v) is 4.50. The van der Waals surface area contributed by atoms with Crippen molar-refractivity contribution in [2.24, 2.45) is 0 Å². The van der Waals surface area contributed by atoms with E-state index in [0.29, 0.717) is 13.0 Å². The van der Waals surface area contributed by atoms with Crippen molar-refractivity contribution < 1.29 is 13.2 Å². The fourth-order valence-corrected chi connectivity index (χ4v) is 2.67. The first-order chi connectivity index (χ1) is 9.01. The Balaban J connectivity index is 1.94. The second-order valence-electron chi connectivity index (χ2n) is 4.42. The van der Waals surface area contributed by atoms with E-state index in [2.05, 4.69) is 15.4 Å². The van der Waals surface area contributed by atoms with E-state index in [0.717, 1.165) is 12.1 Å². The molecule has 0 radical (unpaired) electrons. The average Bonchev–Trinajstić information content (AvgIpc) is 2.83. The second kappa shape index (κ2) is 5.58. The third-order valence-electron chi connectivity index (χ3n) is 3.07. The topological polar surface area (TPSA) is 87.3 Å². The molecule has 0 aromatic heterocycles. The van der Waals surface area contributed by atoms with E-state index in [4.69, 9.17) is 0 Å². The maximum absolute atomic E-state index is 11.5. The molecule has 1 aliphatic heterocycles. The summed E-state index contributed by atoms with van der Waals surface area (Å²) >= 11 is 0. The first-order valence-electron chi connectivity index (χ1n) is 6.08. The zero-order valence-electron chi connectivity index (χ0n) is 10.6. The molecule has 1 heterocycles. The van der Waals surface area contributed by atoms with Crippen LogP contribution in [0.4, 0.5) is 5.69 Å². The number of nitrogens with one attached hydrogen (secondary N) is 3. The van der Waals surface area contributed by atoms with Gasteiger partial charge in [-0.1, -0.05) is 0 Å². The Kier molecular flexibility index (Phi) is 4.06. The van der Waals surface area contributed by atoms with Gasteiger partial charge in [0.1, 0.15) is 0 Å². The van der Waals surface area contributed by atoms with E-state index >= 15 is 0 Å². The molecule has 3 N–H and O–H groups in total. The number of carbonyl (C=O) groups is 1. The van der Waals surface area contributed by atoms with Gasteiger partial charge in [0.25, 0.3) is 0 Å². The molecule has 104 valence electrons. The molecular weight excluding hydrogens is 266 g/mol. The summed E-state index contributed by atoms with van der Waals surface area (Å²) in [5.41, 5.74) is 0.830. The Hall–Kier alpha value is -1.60. The first kappa shape index (κ1) is 13.8. The lowest BCUT2D eigenvalue weighted by Gasteiger charge is -2.12. The average molecular weight is 283 g/mol. The van der Waals surface area contributed by atoms with Gasteiger partial charge in [-0.2, -0.15) is 0 Å². The van der Waals surface area contributed by atoms with E-state index in [1.165, 1.54) is 7.05 Å². The van der Waals surface area contributed by atoms with Crippen molar-refractivity contribution in [3.8, 4) is 0 Å². The normalized spacial score (nSPS) is 19.2. The largest absolute Gasteiger partial charge is 0.383 e. The molecule has 6 nitrogen and oxygen atoms in total. The molecule has 0 aliphatic carbocycles. The van der Waals surface area contributed by atoms with Gasteiger partial charge in [0, 0.05) is 24.7 Å². The number of anilines is 1. The molecule has 1 amide bonds. The van der Waals surface area contributed by atoms with Crippen LogP contribution in [0.15, 0.2) is 29.2 Å². The minimum atomic E-state index is -3.39.